The zero-order valence-corrected chi connectivity index (χ0v) is 30.2. The highest BCUT2D eigenvalue weighted by Gasteiger charge is 2.20. The zero-order chi connectivity index (χ0) is 37.0. The summed E-state index contributed by atoms with van der Waals surface area (Å²) in [5.74, 6) is 1.85. The van der Waals surface area contributed by atoms with Gasteiger partial charge in [0.25, 0.3) is 0 Å². The SMILES string of the molecule is c1ccc(-c2nc(-c3ccccc3)nc(-c3ccc4c(c3)oc3ccc(-c5ccccc5-n5c6ccccc6c6cccc(-c7ccccc7)c65)cc34)n2)cc1. The number of furan rings is 1. The van der Waals surface area contributed by atoms with Crippen molar-refractivity contribution >= 4 is 43.7 Å². The van der Waals surface area contributed by atoms with Crippen LogP contribution in [-0.2, 0) is 0 Å². The van der Waals surface area contributed by atoms with Crippen LogP contribution < -0.4 is 0 Å². The van der Waals surface area contributed by atoms with Crippen molar-refractivity contribution in [2.75, 3.05) is 0 Å². The van der Waals surface area contributed by atoms with Gasteiger partial charge < -0.3 is 8.98 Å². The van der Waals surface area contributed by atoms with Crippen molar-refractivity contribution in [3.63, 3.8) is 0 Å². The van der Waals surface area contributed by atoms with Gasteiger partial charge >= 0.3 is 0 Å². The average Bonchev–Trinajstić information content (AvgIpc) is 3.82. The Labute approximate surface area is 322 Å². The standard InChI is InChI=1S/C51H32N4O/c1-4-15-33(16-5-1)39-23-14-24-42-40-22-11-13-26-45(40)55(48(39)42)44-25-12-10-21-38(44)36-28-30-46-43(31-36)41-29-27-37(32-47(41)56-46)51-53-49(34-17-6-2-7-18-34)52-50(54-51)35-19-8-3-9-20-35/h1-32H. The molecule has 0 atom stereocenters. The molecule has 0 aliphatic heterocycles. The summed E-state index contributed by atoms with van der Waals surface area (Å²) in [5.41, 5.74) is 12.5. The third kappa shape index (κ3) is 5.29. The molecule has 0 unspecified atom stereocenters. The van der Waals surface area contributed by atoms with Crippen molar-refractivity contribution in [2.45, 2.75) is 0 Å². The smallest absolute Gasteiger partial charge is 0.164 e. The first-order valence-electron chi connectivity index (χ1n) is 18.8. The minimum Gasteiger partial charge on any atom is -0.456 e. The molecule has 0 radical (unpaired) electrons. The molecule has 0 fully saturated rings. The third-order valence-electron chi connectivity index (χ3n) is 10.7. The van der Waals surface area contributed by atoms with Gasteiger partial charge in [-0.05, 0) is 47.5 Å². The van der Waals surface area contributed by atoms with E-state index in [4.69, 9.17) is 19.4 Å². The largest absolute Gasteiger partial charge is 0.456 e. The fourth-order valence-electron chi connectivity index (χ4n) is 8.05. The Balaban J connectivity index is 1.06. The van der Waals surface area contributed by atoms with E-state index < -0.39 is 0 Å². The summed E-state index contributed by atoms with van der Waals surface area (Å²) in [6.45, 7) is 0. The monoisotopic (exact) mass is 716 g/mol. The van der Waals surface area contributed by atoms with Gasteiger partial charge in [-0.1, -0.05) is 158 Å². The van der Waals surface area contributed by atoms with Gasteiger partial charge in [-0.3, -0.25) is 0 Å². The van der Waals surface area contributed by atoms with Gasteiger partial charge in [0, 0.05) is 49.4 Å². The molecule has 8 aromatic carbocycles. The molecule has 262 valence electrons. The van der Waals surface area contributed by atoms with E-state index in [1.807, 2.05) is 66.7 Å². The topological polar surface area (TPSA) is 56.7 Å². The lowest BCUT2D eigenvalue weighted by Crippen LogP contribution is -2.00. The molecule has 0 spiro atoms. The third-order valence-corrected chi connectivity index (χ3v) is 10.7. The molecule has 56 heavy (non-hydrogen) atoms. The summed E-state index contributed by atoms with van der Waals surface area (Å²) in [6.07, 6.45) is 0. The molecular weight excluding hydrogens is 685 g/mol. The molecular formula is C51H32N4O. The Bertz CT molecular complexity index is 3180. The van der Waals surface area contributed by atoms with Crippen molar-refractivity contribution in [3.05, 3.63) is 194 Å². The molecule has 0 saturated heterocycles. The second kappa shape index (κ2) is 13.0. The fourth-order valence-corrected chi connectivity index (χ4v) is 8.05. The van der Waals surface area contributed by atoms with Crippen molar-refractivity contribution in [1.82, 2.24) is 19.5 Å². The van der Waals surface area contributed by atoms with E-state index in [9.17, 15) is 0 Å². The molecule has 0 N–H and O–H groups in total. The lowest BCUT2D eigenvalue weighted by Gasteiger charge is -2.16. The molecule has 0 aliphatic rings. The molecule has 3 heterocycles. The van der Waals surface area contributed by atoms with Crippen LogP contribution in [0.3, 0.4) is 0 Å². The van der Waals surface area contributed by atoms with Gasteiger partial charge in [0.15, 0.2) is 17.5 Å². The highest BCUT2D eigenvalue weighted by Crippen LogP contribution is 2.42. The first kappa shape index (κ1) is 31.9. The van der Waals surface area contributed by atoms with Gasteiger partial charge in [0.05, 0.1) is 16.7 Å². The summed E-state index contributed by atoms with van der Waals surface area (Å²) in [4.78, 5) is 14.8. The molecule has 11 aromatic rings. The minimum atomic E-state index is 0.593. The van der Waals surface area contributed by atoms with Crippen molar-refractivity contribution in [1.29, 1.82) is 0 Å². The van der Waals surface area contributed by atoms with Crippen LogP contribution in [-0.4, -0.2) is 19.5 Å². The van der Waals surface area contributed by atoms with E-state index in [0.29, 0.717) is 17.5 Å². The minimum absolute atomic E-state index is 0.593. The first-order chi connectivity index (χ1) is 27.8. The van der Waals surface area contributed by atoms with Gasteiger partial charge in [0.1, 0.15) is 11.2 Å². The Hall–Kier alpha value is -7.63. The number of nitrogens with zero attached hydrogens (tertiary/aromatic N) is 4. The number of fused-ring (bicyclic) bond motifs is 6. The molecule has 11 rings (SSSR count). The van der Waals surface area contributed by atoms with Crippen LogP contribution in [0.5, 0.6) is 0 Å². The van der Waals surface area contributed by atoms with Gasteiger partial charge in [-0.2, -0.15) is 0 Å². The lowest BCUT2D eigenvalue weighted by atomic mass is 9.99. The quantitative estimate of drug-likeness (QED) is 0.172. The molecule has 0 amide bonds. The molecule has 0 bridgehead atoms. The van der Waals surface area contributed by atoms with E-state index in [2.05, 4.69) is 132 Å². The average molecular weight is 717 g/mol. The Morgan fingerprint density at radius 3 is 1.64 bits per heavy atom. The number of hydrogen-bond donors (Lipinski definition) is 0. The lowest BCUT2D eigenvalue weighted by molar-refractivity contribution is 0.669. The predicted molar refractivity (Wildman–Crippen MR) is 229 cm³/mol. The Kier molecular flexibility index (Phi) is 7.42. The second-order valence-electron chi connectivity index (χ2n) is 14.0. The van der Waals surface area contributed by atoms with E-state index in [0.717, 1.165) is 55.4 Å². The summed E-state index contributed by atoms with van der Waals surface area (Å²) in [6, 6.07) is 67.6. The van der Waals surface area contributed by atoms with E-state index in [1.165, 1.54) is 32.9 Å². The van der Waals surface area contributed by atoms with Crippen molar-refractivity contribution < 1.29 is 4.42 Å². The molecule has 5 nitrogen and oxygen atoms in total. The molecule has 0 aliphatic carbocycles. The number of aromatic nitrogens is 4. The highest BCUT2D eigenvalue weighted by atomic mass is 16.3. The fraction of sp³-hybridized carbons (Fsp3) is 0. The number of benzene rings is 8. The molecule has 3 aromatic heterocycles. The van der Waals surface area contributed by atoms with Crippen LogP contribution in [0.4, 0.5) is 0 Å². The summed E-state index contributed by atoms with van der Waals surface area (Å²) in [5, 5.41) is 4.55. The van der Waals surface area contributed by atoms with Gasteiger partial charge in [0.2, 0.25) is 0 Å². The predicted octanol–water partition coefficient (Wildman–Crippen LogP) is 13.2. The van der Waals surface area contributed by atoms with Crippen LogP contribution >= 0.6 is 0 Å². The number of hydrogen-bond acceptors (Lipinski definition) is 4. The Morgan fingerprint density at radius 1 is 0.339 bits per heavy atom. The van der Waals surface area contributed by atoms with Crippen molar-refractivity contribution in [3.8, 4) is 62.1 Å². The summed E-state index contributed by atoms with van der Waals surface area (Å²) < 4.78 is 8.98. The highest BCUT2D eigenvalue weighted by molar-refractivity contribution is 6.14. The summed E-state index contributed by atoms with van der Waals surface area (Å²) >= 11 is 0. The zero-order valence-electron chi connectivity index (χ0n) is 30.2. The van der Waals surface area contributed by atoms with Crippen LogP contribution in [0.25, 0.3) is 106 Å². The number of rotatable bonds is 6. The summed E-state index contributed by atoms with van der Waals surface area (Å²) in [7, 11) is 0. The maximum atomic E-state index is 6.54. The van der Waals surface area contributed by atoms with Crippen LogP contribution in [0.2, 0.25) is 0 Å². The van der Waals surface area contributed by atoms with Crippen LogP contribution in [0, 0.1) is 0 Å². The van der Waals surface area contributed by atoms with Gasteiger partial charge in [-0.15, -0.1) is 0 Å². The van der Waals surface area contributed by atoms with Crippen LogP contribution in [0.15, 0.2) is 199 Å². The maximum absolute atomic E-state index is 6.54. The van der Waals surface area contributed by atoms with E-state index in [1.54, 1.807) is 0 Å². The maximum Gasteiger partial charge on any atom is 0.164 e. The van der Waals surface area contributed by atoms with Crippen molar-refractivity contribution in [2.24, 2.45) is 0 Å². The van der Waals surface area contributed by atoms with E-state index in [-0.39, 0.29) is 0 Å². The molecule has 5 heteroatoms. The molecule has 0 saturated carbocycles. The van der Waals surface area contributed by atoms with Gasteiger partial charge in [-0.25, -0.2) is 15.0 Å². The van der Waals surface area contributed by atoms with Crippen LogP contribution in [0.1, 0.15) is 0 Å². The normalized spacial score (nSPS) is 11.6. The van der Waals surface area contributed by atoms with E-state index >= 15 is 0 Å². The first-order valence-corrected chi connectivity index (χ1v) is 18.8. The second-order valence-corrected chi connectivity index (χ2v) is 14.0. The number of para-hydroxylation sites is 3. The Morgan fingerprint density at radius 2 is 0.911 bits per heavy atom.